The fraction of sp³-hybridized carbons (Fsp3) is 0.133. The van der Waals surface area contributed by atoms with Crippen molar-refractivity contribution in [3.8, 4) is 11.5 Å². The van der Waals surface area contributed by atoms with E-state index in [1.807, 2.05) is 36.4 Å². The van der Waals surface area contributed by atoms with Crippen LogP contribution >= 0.6 is 0 Å². The van der Waals surface area contributed by atoms with E-state index in [-0.39, 0.29) is 0 Å². The van der Waals surface area contributed by atoms with Gasteiger partial charge < -0.3 is 4.42 Å². The minimum absolute atomic E-state index is 0.701. The second kappa shape index (κ2) is 3.74. The Morgan fingerprint density at radius 2 is 1.76 bits per heavy atom. The summed E-state index contributed by atoms with van der Waals surface area (Å²) in [5, 5.41) is 0. The van der Waals surface area contributed by atoms with Gasteiger partial charge in [-0.2, -0.15) is 0 Å². The average Bonchev–Trinajstić information content (AvgIpc) is 2.76. The SMILES string of the molecule is Cc1cccc(-c2nc3ccccc3o2)c1C. The van der Waals surface area contributed by atoms with Crippen LogP contribution in [0.1, 0.15) is 11.1 Å². The van der Waals surface area contributed by atoms with Gasteiger partial charge in [0, 0.05) is 5.56 Å². The summed E-state index contributed by atoms with van der Waals surface area (Å²) in [5.41, 5.74) is 5.29. The van der Waals surface area contributed by atoms with E-state index in [1.165, 1.54) is 11.1 Å². The number of fused-ring (bicyclic) bond motifs is 1. The van der Waals surface area contributed by atoms with Crippen LogP contribution in [0.3, 0.4) is 0 Å². The summed E-state index contributed by atoms with van der Waals surface area (Å²) in [5.74, 6) is 0.701. The van der Waals surface area contributed by atoms with Gasteiger partial charge in [0.15, 0.2) is 5.58 Å². The highest BCUT2D eigenvalue weighted by molar-refractivity contribution is 5.76. The summed E-state index contributed by atoms with van der Waals surface area (Å²) in [7, 11) is 0. The molecule has 3 aromatic rings. The Hall–Kier alpha value is -2.09. The Kier molecular flexibility index (Phi) is 2.22. The minimum atomic E-state index is 0.701. The first kappa shape index (κ1) is 10.1. The Morgan fingerprint density at radius 1 is 0.941 bits per heavy atom. The number of aromatic nitrogens is 1. The molecule has 0 N–H and O–H groups in total. The van der Waals surface area contributed by atoms with Crippen LogP contribution in [0.25, 0.3) is 22.6 Å². The zero-order valence-corrected chi connectivity index (χ0v) is 9.90. The molecular formula is C15H13NO. The molecule has 0 saturated carbocycles. The second-order valence-corrected chi connectivity index (χ2v) is 4.23. The van der Waals surface area contributed by atoms with Gasteiger partial charge in [0.2, 0.25) is 5.89 Å². The number of hydrogen-bond acceptors (Lipinski definition) is 2. The van der Waals surface area contributed by atoms with Gasteiger partial charge in [-0.05, 0) is 43.2 Å². The van der Waals surface area contributed by atoms with E-state index in [4.69, 9.17) is 4.42 Å². The van der Waals surface area contributed by atoms with Crippen LogP contribution in [-0.2, 0) is 0 Å². The minimum Gasteiger partial charge on any atom is -0.436 e. The predicted octanol–water partition coefficient (Wildman–Crippen LogP) is 4.11. The highest BCUT2D eigenvalue weighted by atomic mass is 16.3. The van der Waals surface area contributed by atoms with Gasteiger partial charge >= 0.3 is 0 Å². The van der Waals surface area contributed by atoms with Crippen molar-refractivity contribution in [3.05, 3.63) is 53.6 Å². The highest BCUT2D eigenvalue weighted by Gasteiger charge is 2.10. The van der Waals surface area contributed by atoms with Crippen molar-refractivity contribution in [2.24, 2.45) is 0 Å². The third-order valence-electron chi connectivity index (χ3n) is 3.13. The summed E-state index contributed by atoms with van der Waals surface area (Å²) in [6.45, 7) is 4.20. The quantitative estimate of drug-likeness (QED) is 0.620. The van der Waals surface area contributed by atoms with Crippen LogP contribution in [0.15, 0.2) is 46.9 Å². The Balaban J connectivity index is 2.24. The Labute approximate surface area is 99.9 Å². The third kappa shape index (κ3) is 1.62. The fourth-order valence-corrected chi connectivity index (χ4v) is 1.97. The van der Waals surface area contributed by atoms with Gasteiger partial charge in [-0.25, -0.2) is 4.98 Å². The molecule has 0 atom stereocenters. The van der Waals surface area contributed by atoms with Crippen LogP contribution in [0.4, 0.5) is 0 Å². The van der Waals surface area contributed by atoms with Crippen molar-refractivity contribution >= 4 is 11.1 Å². The van der Waals surface area contributed by atoms with Crippen molar-refractivity contribution in [2.45, 2.75) is 13.8 Å². The topological polar surface area (TPSA) is 26.0 Å². The first-order chi connectivity index (χ1) is 8.25. The maximum Gasteiger partial charge on any atom is 0.227 e. The van der Waals surface area contributed by atoms with Crippen LogP contribution in [-0.4, -0.2) is 4.98 Å². The normalized spacial score (nSPS) is 10.9. The zero-order valence-electron chi connectivity index (χ0n) is 9.90. The first-order valence-corrected chi connectivity index (χ1v) is 5.68. The molecule has 0 radical (unpaired) electrons. The average molecular weight is 223 g/mol. The largest absolute Gasteiger partial charge is 0.436 e. The number of benzene rings is 2. The zero-order chi connectivity index (χ0) is 11.8. The van der Waals surface area contributed by atoms with E-state index in [9.17, 15) is 0 Å². The molecule has 2 aromatic carbocycles. The summed E-state index contributed by atoms with van der Waals surface area (Å²) < 4.78 is 5.78. The van der Waals surface area contributed by atoms with Gasteiger partial charge in [-0.15, -0.1) is 0 Å². The van der Waals surface area contributed by atoms with Gasteiger partial charge in [0.25, 0.3) is 0 Å². The first-order valence-electron chi connectivity index (χ1n) is 5.68. The molecule has 3 rings (SSSR count). The molecule has 1 aromatic heterocycles. The van der Waals surface area contributed by atoms with Gasteiger partial charge in [-0.1, -0.05) is 24.3 Å². The molecular weight excluding hydrogens is 210 g/mol. The van der Waals surface area contributed by atoms with E-state index >= 15 is 0 Å². The molecule has 17 heavy (non-hydrogen) atoms. The van der Waals surface area contributed by atoms with Crippen LogP contribution in [0.2, 0.25) is 0 Å². The maximum atomic E-state index is 5.78. The molecule has 1 heterocycles. The summed E-state index contributed by atoms with van der Waals surface area (Å²) in [6, 6.07) is 14.0. The number of oxazole rings is 1. The van der Waals surface area contributed by atoms with Crippen LogP contribution < -0.4 is 0 Å². The number of aryl methyl sites for hydroxylation is 1. The Morgan fingerprint density at radius 3 is 2.59 bits per heavy atom. The molecule has 0 fully saturated rings. The molecule has 0 aliphatic carbocycles. The van der Waals surface area contributed by atoms with Crippen molar-refractivity contribution in [3.63, 3.8) is 0 Å². The molecule has 2 nitrogen and oxygen atoms in total. The van der Waals surface area contributed by atoms with Crippen LogP contribution in [0.5, 0.6) is 0 Å². The van der Waals surface area contributed by atoms with Crippen LogP contribution in [0, 0.1) is 13.8 Å². The second-order valence-electron chi connectivity index (χ2n) is 4.23. The number of para-hydroxylation sites is 2. The standard InChI is InChI=1S/C15H13NO/c1-10-6-5-7-12(11(10)2)15-16-13-8-3-4-9-14(13)17-15/h3-9H,1-2H3. The van der Waals surface area contributed by atoms with E-state index in [2.05, 4.69) is 24.9 Å². The lowest BCUT2D eigenvalue weighted by atomic mass is 10.0. The van der Waals surface area contributed by atoms with Crippen molar-refractivity contribution in [2.75, 3.05) is 0 Å². The lowest BCUT2D eigenvalue weighted by molar-refractivity contribution is 0.619. The molecule has 0 aliphatic rings. The van der Waals surface area contributed by atoms with E-state index < -0.39 is 0 Å². The molecule has 0 saturated heterocycles. The fourth-order valence-electron chi connectivity index (χ4n) is 1.97. The maximum absolute atomic E-state index is 5.78. The third-order valence-corrected chi connectivity index (χ3v) is 3.13. The lowest BCUT2D eigenvalue weighted by Gasteiger charge is -2.03. The molecule has 84 valence electrons. The van der Waals surface area contributed by atoms with Gasteiger partial charge in [0.1, 0.15) is 5.52 Å². The van der Waals surface area contributed by atoms with E-state index in [1.54, 1.807) is 0 Å². The summed E-state index contributed by atoms with van der Waals surface area (Å²) in [4.78, 5) is 4.52. The van der Waals surface area contributed by atoms with E-state index in [0.29, 0.717) is 5.89 Å². The highest BCUT2D eigenvalue weighted by Crippen LogP contribution is 2.27. The number of nitrogens with zero attached hydrogens (tertiary/aromatic N) is 1. The molecule has 0 amide bonds. The van der Waals surface area contributed by atoms with Crippen molar-refractivity contribution in [1.29, 1.82) is 0 Å². The lowest BCUT2D eigenvalue weighted by Crippen LogP contribution is -1.86. The molecule has 2 heteroatoms. The molecule has 0 spiro atoms. The molecule has 0 aliphatic heterocycles. The molecule has 0 bridgehead atoms. The summed E-state index contributed by atoms with van der Waals surface area (Å²) in [6.07, 6.45) is 0. The predicted molar refractivity (Wildman–Crippen MR) is 68.9 cm³/mol. The number of hydrogen-bond donors (Lipinski definition) is 0. The molecule has 0 unspecified atom stereocenters. The summed E-state index contributed by atoms with van der Waals surface area (Å²) >= 11 is 0. The van der Waals surface area contributed by atoms with Crippen molar-refractivity contribution in [1.82, 2.24) is 4.98 Å². The van der Waals surface area contributed by atoms with Crippen molar-refractivity contribution < 1.29 is 4.42 Å². The smallest absolute Gasteiger partial charge is 0.227 e. The monoisotopic (exact) mass is 223 g/mol. The Bertz CT molecular complexity index is 649. The van der Waals surface area contributed by atoms with Gasteiger partial charge in [0.05, 0.1) is 0 Å². The van der Waals surface area contributed by atoms with Gasteiger partial charge in [-0.3, -0.25) is 0 Å². The number of rotatable bonds is 1. The van der Waals surface area contributed by atoms with E-state index in [0.717, 1.165) is 16.7 Å².